The number of hydrogen-bond acceptors (Lipinski definition) is 13. The molecule has 7 aliphatic rings. The number of para-hydroxylation sites is 1. The Morgan fingerprint density at radius 1 is 0.940 bits per heavy atom. The van der Waals surface area contributed by atoms with E-state index in [0.717, 1.165) is 33.4 Å². The van der Waals surface area contributed by atoms with Gasteiger partial charge in [0.15, 0.2) is 6.10 Å². The molecule has 10 rings (SSSR count). The molecule has 16 heteroatoms. The van der Waals surface area contributed by atoms with E-state index in [-0.39, 0.29) is 18.0 Å². The highest BCUT2D eigenvalue weighted by atomic mass is 16.6. The monoisotopic (exact) mass is 922 g/mol. The molecule has 4 fully saturated rings. The molecule has 1 spiro atoms. The van der Waals surface area contributed by atoms with Crippen molar-refractivity contribution in [2.45, 2.75) is 99.5 Å². The van der Waals surface area contributed by atoms with Crippen molar-refractivity contribution >= 4 is 40.5 Å². The third kappa shape index (κ3) is 6.37. The standard InChI is InChI=1S/C51H66N6O10/c1-8-47(53-46(61)57-21-23-66-24-22-57)27-32-28-50(44(59)64-6,40-34(15-19-55(29-32)30-47)33-13-10-11-14-37(33)52-40)36-25-35-38(26-39(36)63-5)54(4)42-49(35)17-20-56-18-12-16-48(9-2,41(49)56)43(67-31(3)58)51(42,62)45(60)65-7/h10-14,16,25-26,32,41-43,52,62H,8-9,15,17-24,27-30H2,1-7H3,(H,53,61)/t32-,41+,42-,43-,47+,48-,49-,50+,51+/m1/s1. The summed E-state index contributed by atoms with van der Waals surface area (Å²) in [6, 6.07) is 10.9. The van der Waals surface area contributed by atoms with Crippen LogP contribution in [0.3, 0.4) is 0 Å². The van der Waals surface area contributed by atoms with Crippen LogP contribution < -0.4 is 15.0 Å². The number of benzene rings is 2. The van der Waals surface area contributed by atoms with Crippen LogP contribution in [0.1, 0.15) is 75.3 Å². The highest BCUT2D eigenvalue weighted by Crippen LogP contribution is 2.68. The Bertz CT molecular complexity index is 2520. The van der Waals surface area contributed by atoms with E-state index >= 15 is 4.79 Å². The van der Waals surface area contributed by atoms with Crippen molar-refractivity contribution in [2.24, 2.45) is 11.3 Å². The Balaban J connectivity index is 1.21. The lowest BCUT2D eigenvalue weighted by Crippen LogP contribution is -2.81. The highest BCUT2D eigenvalue weighted by Gasteiger charge is 2.80. The fourth-order valence-corrected chi connectivity index (χ4v) is 14.8. The maximum absolute atomic E-state index is 15.7. The Hall–Kier alpha value is -5.16. The fraction of sp³-hybridized carbons (Fsp3) is 0.608. The van der Waals surface area contributed by atoms with Gasteiger partial charge in [-0.1, -0.05) is 44.2 Å². The number of carbonyl (C=O) groups excluding carboxylic acids is 4. The molecule has 2 amide bonds. The van der Waals surface area contributed by atoms with Crippen LogP contribution in [-0.4, -0.2) is 165 Å². The van der Waals surface area contributed by atoms with Crippen molar-refractivity contribution in [3.63, 3.8) is 0 Å². The molecular formula is C51H66N6O10. The summed E-state index contributed by atoms with van der Waals surface area (Å²) in [6.07, 6.45) is 6.09. The van der Waals surface area contributed by atoms with Crippen molar-refractivity contribution in [2.75, 3.05) is 92.3 Å². The first-order valence-corrected chi connectivity index (χ1v) is 24.1. The van der Waals surface area contributed by atoms with Gasteiger partial charge in [0.1, 0.15) is 11.2 Å². The minimum atomic E-state index is -2.32. The molecule has 0 radical (unpaired) electrons. The van der Waals surface area contributed by atoms with Crippen LogP contribution in [0.2, 0.25) is 0 Å². The molecular weight excluding hydrogens is 857 g/mol. The van der Waals surface area contributed by atoms with Crippen LogP contribution in [0.5, 0.6) is 5.75 Å². The van der Waals surface area contributed by atoms with Crippen LogP contribution in [0, 0.1) is 11.3 Å². The number of aliphatic hydroxyl groups is 1. The first-order valence-electron chi connectivity index (χ1n) is 24.1. The van der Waals surface area contributed by atoms with Gasteiger partial charge >= 0.3 is 23.9 Å². The molecule has 1 aromatic heterocycles. The van der Waals surface area contributed by atoms with Gasteiger partial charge in [-0.2, -0.15) is 0 Å². The summed E-state index contributed by atoms with van der Waals surface area (Å²) in [6.45, 7) is 10.9. The molecule has 7 heterocycles. The zero-order valence-corrected chi connectivity index (χ0v) is 39.9. The van der Waals surface area contributed by atoms with Crippen LogP contribution >= 0.6 is 0 Å². The summed E-state index contributed by atoms with van der Waals surface area (Å²) in [5.74, 6) is -1.60. The van der Waals surface area contributed by atoms with Crippen LogP contribution in [0.25, 0.3) is 10.9 Å². The van der Waals surface area contributed by atoms with E-state index in [4.69, 9.17) is 23.7 Å². The second-order valence-corrected chi connectivity index (χ2v) is 20.3. The van der Waals surface area contributed by atoms with Gasteiger partial charge in [0, 0.05) is 104 Å². The van der Waals surface area contributed by atoms with Gasteiger partial charge in [0.25, 0.3) is 0 Å². The number of fused-ring (bicyclic) bond motifs is 6. The first kappa shape index (κ1) is 45.6. The van der Waals surface area contributed by atoms with Gasteiger partial charge in [0.05, 0.1) is 46.1 Å². The van der Waals surface area contributed by atoms with Crippen molar-refractivity contribution in [3.8, 4) is 5.75 Å². The second-order valence-electron chi connectivity index (χ2n) is 20.3. The normalized spacial score (nSPS) is 35.3. The van der Waals surface area contributed by atoms with Crippen LogP contribution in [-0.2, 0) is 50.6 Å². The van der Waals surface area contributed by atoms with Gasteiger partial charge in [0.2, 0.25) is 5.60 Å². The second kappa shape index (κ2) is 16.5. The number of morpholine rings is 1. The topological polar surface area (TPSA) is 175 Å². The Morgan fingerprint density at radius 2 is 1.70 bits per heavy atom. The molecule has 1 unspecified atom stereocenters. The number of H-pyrrole nitrogens is 1. The number of carbonyl (C=O) groups is 4. The number of urea groups is 1. The van der Waals surface area contributed by atoms with Gasteiger partial charge in [-0.25, -0.2) is 9.59 Å². The fourth-order valence-electron chi connectivity index (χ4n) is 14.8. The molecule has 1 aliphatic carbocycles. The van der Waals surface area contributed by atoms with E-state index in [9.17, 15) is 19.5 Å². The van der Waals surface area contributed by atoms with E-state index in [1.54, 1.807) is 7.11 Å². The summed E-state index contributed by atoms with van der Waals surface area (Å²) in [5, 5.41) is 18.0. The predicted molar refractivity (Wildman–Crippen MR) is 249 cm³/mol. The maximum Gasteiger partial charge on any atom is 0.344 e. The van der Waals surface area contributed by atoms with Crippen molar-refractivity contribution in [3.05, 3.63) is 70.9 Å². The van der Waals surface area contributed by atoms with Crippen molar-refractivity contribution < 1.29 is 48.0 Å². The summed E-state index contributed by atoms with van der Waals surface area (Å²) >= 11 is 0. The number of rotatable bonds is 8. The van der Waals surface area contributed by atoms with E-state index in [2.05, 4.69) is 51.3 Å². The third-order valence-corrected chi connectivity index (χ3v) is 17.3. The van der Waals surface area contributed by atoms with Gasteiger partial charge in [-0.15, -0.1) is 0 Å². The average molecular weight is 923 g/mol. The molecule has 10 atom stereocenters. The van der Waals surface area contributed by atoms with E-state index in [0.29, 0.717) is 109 Å². The summed E-state index contributed by atoms with van der Waals surface area (Å²) in [4.78, 5) is 69.8. The van der Waals surface area contributed by atoms with Crippen molar-refractivity contribution in [1.82, 2.24) is 25.0 Å². The number of nitrogens with zero attached hydrogens (tertiary/aromatic N) is 4. The van der Waals surface area contributed by atoms with Crippen molar-refractivity contribution in [1.29, 1.82) is 0 Å². The van der Waals surface area contributed by atoms with E-state index in [1.165, 1.54) is 21.1 Å². The minimum Gasteiger partial charge on any atom is -0.496 e. The number of nitrogens with one attached hydrogen (secondary N) is 2. The quantitative estimate of drug-likeness (QED) is 0.168. The van der Waals surface area contributed by atoms with E-state index in [1.807, 2.05) is 48.0 Å². The van der Waals surface area contributed by atoms with E-state index < -0.39 is 57.4 Å². The highest BCUT2D eigenvalue weighted by molar-refractivity contribution is 5.95. The molecule has 2 bridgehead atoms. The number of likely N-dealkylation sites (N-methyl/N-ethyl adjacent to an activating group) is 1. The molecule has 3 saturated heterocycles. The number of ether oxygens (including phenoxy) is 5. The predicted octanol–water partition coefficient (Wildman–Crippen LogP) is 4.04. The maximum atomic E-state index is 15.7. The molecule has 2 aromatic carbocycles. The lowest BCUT2D eigenvalue weighted by Gasteiger charge is -2.63. The molecule has 3 aromatic rings. The number of hydrogen-bond donors (Lipinski definition) is 3. The zero-order valence-electron chi connectivity index (χ0n) is 39.9. The van der Waals surface area contributed by atoms with Crippen LogP contribution in [0.4, 0.5) is 10.5 Å². The molecule has 3 N–H and O–H groups in total. The summed E-state index contributed by atoms with van der Waals surface area (Å²) < 4.78 is 29.8. The lowest BCUT2D eigenvalue weighted by atomic mass is 9.47. The molecule has 360 valence electrons. The number of aromatic nitrogens is 1. The largest absolute Gasteiger partial charge is 0.496 e. The number of amides is 2. The lowest BCUT2D eigenvalue weighted by molar-refractivity contribution is -0.228. The van der Waals surface area contributed by atoms with Gasteiger partial charge < -0.3 is 53.8 Å². The summed E-state index contributed by atoms with van der Waals surface area (Å²) in [5.41, 5.74) is -1.44. The molecule has 67 heavy (non-hydrogen) atoms. The SMILES string of the molecule is CC[C@]1(NC(=O)N2CCOCC2)C[C@H]2CN(CCc3c([nH]c4ccccc34)[C@@](C(=O)OC)(c3cc4c(cc3OC)N(C)[C@H]3[C@@](O)(C(=O)OC)[C@H](OC(C)=O)[C@]5(CC)C=CCN6CC[C@]43[C@@H]65)C2)C1. The molecule has 6 aliphatic heterocycles. The third-order valence-electron chi connectivity index (χ3n) is 17.3. The molecule has 16 nitrogen and oxygen atoms in total. The Kier molecular flexibility index (Phi) is 11.2. The Labute approximate surface area is 392 Å². The number of piperidine rings is 1. The molecule has 1 saturated carbocycles. The summed E-state index contributed by atoms with van der Waals surface area (Å²) in [7, 11) is 6.18. The number of esters is 3. The number of anilines is 1. The number of aromatic amines is 1. The van der Waals surface area contributed by atoms with Gasteiger partial charge in [-0.3, -0.25) is 14.5 Å². The van der Waals surface area contributed by atoms with Gasteiger partial charge in [-0.05, 0) is 74.2 Å². The first-order chi connectivity index (χ1) is 32.2. The zero-order chi connectivity index (χ0) is 47.3. The Morgan fingerprint density at radius 3 is 2.40 bits per heavy atom. The van der Waals surface area contributed by atoms with Crippen LogP contribution in [0.15, 0.2) is 48.6 Å². The minimum absolute atomic E-state index is 0.101. The number of methoxy groups -OCH3 is 3. The average Bonchev–Trinajstić information content (AvgIpc) is 4.00. The smallest absolute Gasteiger partial charge is 0.344 e.